The highest BCUT2D eigenvalue weighted by Gasteiger charge is 2.19. The van der Waals surface area contributed by atoms with E-state index < -0.39 is 11.5 Å². The van der Waals surface area contributed by atoms with Crippen LogP contribution in [0.5, 0.6) is 5.75 Å². The highest BCUT2D eigenvalue weighted by Crippen LogP contribution is 2.29. The zero-order chi connectivity index (χ0) is 11.4. The average Bonchev–Trinajstić information content (AvgIpc) is 2.26. The van der Waals surface area contributed by atoms with E-state index in [1.165, 1.54) is 13.2 Å². The van der Waals surface area contributed by atoms with Crippen molar-refractivity contribution in [2.24, 2.45) is 0 Å². The van der Waals surface area contributed by atoms with Crippen molar-refractivity contribution >= 4 is 5.69 Å². The third-order valence-corrected chi connectivity index (χ3v) is 1.89. The highest BCUT2D eigenvalue weighted by atomic mass is 16.6. The molecule has 0 amide bonds. The number of aliphatic hydroxyl groups excluding tert-OH is 1. The summed E-state index contributed by atoms with van der Waals surface area (Å²) in [6, 6.07) is 4.23. The summed E-state index contributed by atoms with van der Waals surface area (Å²) in [4.78, 5) is 9.99. The van der Waals surface area contributed by atoms with Gasteiger partial charge in [-0.15, -0.1) is 0 Å². The first-order valence-electron chi connectivity index (χ1n) is 4.00. The number of nitro benzene ring substituents is 1. The summed E-state index contributed by atoms with van der Waals surface area (Å²) < 4.78 is 4.85. The summed E-state index contributed by atoms with van der Waals surface area (Å²) >= 11 is 0. The lowest BCUT2D eigenvalue weighted by atomic mass is 10.1. The van der Waals surface area contributed by atoms with Gasteiger partial charge in [0, 0.05) is 6.07 Å². The molecule has 0 spiro atoms. The first-order chi connectivity index (χ1) is 7.13. The number of nitro groups is 1. The van der Waals surface area contributed by atoms with E-state index in [0.717, 1.165) is 6.07 Å². The van der Waals surface area contributed by atoms with Crippen LogP contribution >= 0.6 is 0 Å². The van der Waals surface area contributed by atoms with Crippen LogP contribution in [-0.4, -0.2) is 17.1 Å². The second kappa shape index (κ2) is 4.39. The minimum Gasteiger partial charge on any atom is -0.496 e. The van der Waals surface area contributed by atoms with E-state index >= 15 is 0 Å². The summed E-state index contributed by atoms with van der Waals surface area (Å²) in [7, 11) is 1.32. The zero-order valence-electron chi connectivity index (χ0n) is 7.93. The predicted octanol–water partition coefficient (Wildman–Crippen LogP) is 0.967. The smallest absolute Gasteiger partial charge is 0.279 e. The molecule has 0 aliphatic rings. The van der Waals surface area contributed by atoms with Gasteiger partial charge in [0.15, 0.2) is 0 Å². The van der Waals surface area contributed by atoms with Gasteiger partial charge in [-0.2, -0.15) is 5.26 Å². The number of nitrogens with zero attached hydrogens (tertiary/aromatic N) is 2. The maximum atomic E-state index is 10.6. The molecule has 1 aromatic carbocycles. The number of methoxy groups -OCH3 is 1. The largest absolute Gasteiger partial charge is 0.496 e. The van der Waals surface area contributed by atoms with Crippen molar-refractivity contribution in [1.29, 1.82) is 5.26 Å². The zero-order valence-corrected chi connectivity index (χ0v) is 7.93. The molecule has 0 heterocycles. The van der Waals surface area contributed by atoms with Gasteiger partial charge in [0.2, 0.25) is 0 Å². The summed E-state index contributed by atoms with van der Waals surface area (Å²) in [5.74, 6) is 0.142. The van der Waals surface area contributed by atoms with Gasteiger partial charge in [0.25, 0.3) is 5.69 Å². The first-order valence-corrected chi connectivity index (χ1v) is 4.00. The van der Waals surface area contributed by atoms with Crippen LogP contribution in [0.4, 0.5) is 5.69 Å². The molecule has 78 valence electrons. The Balaban J connectivity index is 3.47. The molecule has 1 N–H and O–H groups in total. The predicted molar refractivity (Wildman–Crippen MR) is 50.3 cm³/mol. The number of rotatable bonds is 3. The molecule has 15 heavy (non-hydrogen) atoms. The topological polar surface area (TPSA) is 96.4 Å². The fourth-order valence-electron chi connectivity index (χ4n) is 1.20. The molecule has 1 aromatic rings. The standard InChI is InChI=1S/C9H8N2O4/c1-15-9-3-6(4-10)2-8(11(13)14)7(9)5-12/h2-3,12H,5H2,1H3. The number of ether oxygens (including phenoxy) is 1. The second-order valence-corrected chi connectivity index (χ2v) is 2.70. The Morgan fingerprint density at radius 2 is 2.33 bits per heavy atom. The van der Waals surface area contributed by atoms with Gasteiger partial charge in [-0.3, -0.25) is 10.1 Å². The quantitative estimate of drug-likeness (QED) is 0.589. The first kappa shape index (κ1) is 10.9. The SMILES string of the molecule is COc1cc(C#N)cc([N+](=O)[O-])c1CO. The Morgan fingerprint density at radius 1 is 1.67 bits per heavy atom. The molecule has 0 unspecified atom stereocenters. The van der Waals surface area contributed by atoms with Crippen LogP contribution in [0, 0.1) is 21.4 Å². The summed E-state index contributed by atoms with van der Waals surface area (Å²) in [5, 5.41) is 28.3. The van der Waals surface area contributed by atoms with Crippen LogP contribution in [0.1, 0.15) is 11.1 Å². The molecule has 0 aliphatic heterocycles. The number of hydrogen-bond donors (Lipinski definition) is 1. The van der Waals surface area contributed by atoms with Gasteiger partial charge in [-0.1, -0.05) is 0 Å². The maximum Gasteiger partial charge on any atom is 0.279 e. The molecule has 0 fully saturated rings. The molecule has 0 saturated carbocycles. The monoisotopic (exact) mass is 208 g/mol. The van der Waals surface area contributed by atoms with Gasteiger partial charge < -0.3 is 9.84 Å². The third-order valence-electron chi connectivity index (χ3n) is 1.89. The average molecular weight is 208 g/mol. The van der Waals surface area contributed by atoms with Crippen molar-refractivity contribution < 1.29 is 14.8 Å². The third kappa shape index (κ3) is 2.03. The van der Waals surface area contributed by atoms with Crippen molar-refractivity contribution in [3.05, 3.63) is 33.4 Å². The molecule has 0 bridgehead atoms. The molecule has 6 heteroatoms. The normalized spacial score (nSPS) is 9.40. The molecule has 0 aromatic heterocycles. The summed E-state index contributed by atoms with van der Waals surface area (Å²) in [5.41, 5.74) is -0.120. The molecule has 0 saturated heterocycles. The van der Waals surface area contributed by atoms with E-state index in [1.807, 2.05) is 0 Å². The Bertz CT molecular complexity index is 436. The van der Waals surface area contributed by atoms with Crippen molar-refractivity contribution in [2.45, 2.75) is 6.61 Å². The van der Waals surface area contributed by atoms with E-state index in [9.17, 15) is 10.1 Å². The van der Waals surface area contributed by atoms with Crippen molar-refractivity contribution in [3.8, 4) is 11.8 Å². The van der Waals surface area contributed by atoms with E-state index in [2.05, 4.69) is 0 Å². The minimum atomic E-state index is -0.658. The van der Waals surface area contributed by atoms with Gasteiger partial charge in [-0.25, -0.2) is 0 Å². The van der Waals surface area contributed by atoms with Crippen molar-refractivity contribution in [1.82, 2.24) is 0 Å². The summed E-state index contributed by atoms with van der Waals surface area (Å²) in [6.45, 7) is -0.509. The van der Waals surface area contributed by atoms with Gasteiger partial charge in [0.05, 0.1) is 35.8 Å². The van der Waals surface area contributed by atoms with E-state index in [4.69, 9.17) is 15.1 Å². The van der Waals surface area contributed by atoms with Crippen molar-refractivity contribution in [3.63, 3.8) is 0 Å². The number of nitriles is 1. The number of hydrogen-bond acceptors (Lipinski definition) is 5. The molecule has 1 rings (SSSR count). The fourth-order valence-corrected chi connectivity index (χ4v) is 1.20. The van der Waals surface area contributed by atoms with Crippen LogP contribution in [0.15, 0.2) is 12.1 Å². The molecular weight excluding hydrogens is 200 g/mol. The minimum absolute atomic E-state index is 0.0708. The molecule has 0 radical (unpaired) electrons. The Kier molecular flexibility index (Phi) is 3.21. The summed E-state index contributed by atoms with van der Waals surface area (Å²) in [6.07, 6.45) is 0. The van der Waals surface area contributed by atoms with Crippen LogP contribution in [0.3, 0.4) is 0 Å². The number of aliphatic hydroxyl groups is 1. The second-order valence-electron chi connectivity index (χ2n) is 2.70. The van der Waals surface area contributed by atoms with Gasteiger partial charge >= 0.3 is 0 Å². The van der Waals surface area contributed by atoms with Crippen molar-refractivity contribution in [2.75, 3.05) is 7.11 Å². The van der Waals surface area contributed by atoms with Crippen LogP contribution in [0.25, 0.3) is 0 Å². The Morgan fingerprint density at radius 3 is 2.73 bits per heavy atom. The van der Waals surface area contributed by atoms with Crippen LogP contribution in [0.2, 0.25) is 0 Å². The Hall–Kier alpha value is -2.13. The van der Waals surface area contributed by atoms with Crippen LogP contribution in [-0.2, 0) is 6.61 Å². The van der Waals surface area contributed by atoms with Crippen LogP contribution < -0.4 is 4.74 Å². The molecule has 6 nitrogen and oxygen atoms in total. The molecule has 0 aliphatic carbocycles. The lowest BCUT2D eigenvalue weighted by Crippen LogP contribution is -2.00. The molecule has 0 atom stereocenters. The maximum absolute atomic E-state index is 10.6. The lowest BCUT2D eigenvalue weighted by molar-refractivity contribution is -0.385. The lowest BCUT2D eigenvalue weighted by Gasteiger charge is -2.06. The molecular formula is C9H8N2O4. The highest BCUT2D eigenvalue weighted by molar-refractivity contribution is 5.54. The van der Waals surface area contributed by atoms with E-state index in [1.54, 1.807) is 6.07 Å². The Labute approximate surface area is 85.5 Å². The van der Waals surface area contributed by atoms with Gasteiger partial charge in [-0.05, 0) is 6.07 Å². The van der Waals surface area contributed by atoms with E-state index in [0.29, 0.717) is 0 Å². The number of benzene rings is 1. The van der Waals surface area contributed by atoms with E-state index in [-0.39, 0.29) is 22.6 Å². The van der Waals surface area contributed by atoms with Gasteiger partial charge in [0.1, 0.15) is 5.75 Å². The fraction of sp³-hybridized carbons (Fsp3) is 0.222.